The minimum Gasteiger partial charge on any atom is -0.258 e. The van der Waals surface area contributed by atoms with Crippen LogP contribution in [-0.4, -0.2) is 19.4 Å². The quantitative estimate of drug-likeness (QED) is 0.660. The molecule has 0 saturated carbocycles. The summed E-state index contributed by atoms with van der Waals surface area (Å²) in [7, 11) is -3.99. The summed E-state index contributed by atoms with van der Waals surface area (Å²) >= 11 is 0. The number of benzene rings is 1. The number of rotatable bonds is 5. The van der Waals surface area contributed by atoms with Gasteiger partial charge in [-0.05, 0) is 31.4 Å². The number of hydrogen-bond acceptors (Lipinski definition) is 5. The summed E-state index contributed by atoms with van der Waals surface area (Å²) in [6.45, 7) is 6.58. The molecule has 1 rings (SSSR count). The van der Waals surface area contributed by atoms with Crippen molar-refractivity contribution in [3.05, 3.63) is 33.4 Å². The Morgan fingerprint density at radius 2 is 1.90 bits per heavy atom. The van der Waals surface area contributed by atoms with Gasteiger partial charge in [0.15, 0.2) is 0 Å². The van der Waals surface area contributed by atoms with Gasteiger partial charge in [-0.2, -0.15) is 9.98 Å². The molecule has 0 radical (unpaired) electrons. The third kappa shape index (κ3) is 3.77. The number of nitro benzene ring substituents is 1. The fourth-order valence-corrected chi connectivity index (χ4v) is 3.09. The molecular formula is C13H17N3O4S. The van der Waals surface area contributed by atoms with Crippen LogP contribution in [0.2, 0.25) is 0 Å². The molecule has 1 N–H and O–H groups in total. The Kier molecular flexibility index (Phi) is 5.04. The van der Waals surface area contributed by atoms with E-state index in [1.807, 2.05) is 6.07 Å². The molecule has 0 aliphatic heterocycles. The first-order valence-electron chi connectivity index (χ1n) is 6.27. The van der Waals surface area contributed by atoms with Crippen molar-refractivity contribution in [2.75, 3.05) is 0 Å². The summed E-state index contributed by atoms with van der Waals surface area (Å²) in [5.74, 6) is -0.216. The van der Waals surface area contributed by atoms with Crippen molar-refractivity contribution in [3.8, 4) is 6.07 Å². The zero-order chi connectivity index (χ0) is 16.4. The zero-order valence-corrected chi connectivity index (χ0v) is 13.1. The molecule has 0 heterocycles. The zero-order valence-electron chi connectivity index (χ0n) is 12.2. The Labute approximate surface area is 123 Å². The molecule has 0 aliphatic rings. The molecule has 0 bridgehead atoms. The second-order valence-electron chi connectivity index (χ2n) is 5.11. The van der Waals surface area contributed by atoms with Crippen molar-refractivity contribution in [2.45, 2.75) is 38.6 Å². The van der Waals surface area contributed by atoms with Crippen molar-refractivity contribution in [3.63, 3.8) is 0 Å². The van der Waals surface area contributed by atoms with Crippen molar-refractivity contribution < 1.29 is 13.3 Å². The summed E-state index contributed by atoms with van der Waals surface area (Å²) in [5.41, 5.74) is 0.663. The number of hydrogen-bond donors (Lipinski definition) is 1. The topological polar surface area (TPSA) is 113 Å². The van der Waals surface area contributed by atoms with E-state index in [0.29, 0.717) is 11.1 Å². The molecule has 0 aliphatic carbocycles. The first-order valence-corrected chi connectivity index (χ1v) is 7.76. The lowest BCUT2D eigenvalue weighted by Gasteiger charge is -2.15. The molecule has 21 heavy (non-hydrogen) atoms. The number of sulfonamides is 1. The monoisotopic (exact) mass is 311 g/mol. The van der Waals surface area contributed by atoms with E-state index >= 15 is 0 Å². The Hall–Kier alpha value is -1.98. The first kappa shape index (κ1) is 17.1. The normalized spacial score (nSPS) is 13.0. The van der Waals surface area contributed by atoms with Gasteiger partial charge in [-0.15, -0.1) is 0 Å². The highest BCUT2D eigenvalue weighted by molar-refractivity contribution is 7.89. The molecule has 0 fully saturated rings. The molecular weight excluding hydrogens is 294 g/mol. The average Bonchev–Trinajstić information content (AvgIpc) is 2.38. The molecule has 0 saturated heterocycles. The van der Waals surface area contributed by atoms with Crippen LogP contribution in [0.15, 0.2) is 17.0 Å². The lowest BCUT2D eigenvalue weighted by Crippen LogP contribution is -2.37. The van der Waals surface area contributed by atoms with Gasteiger partial charge in [0.25, 0.3) is 5.69 Å². The maximum atomic E-state index is 12.3. The second kappa shape index (κ2) is 6.20. The van der Waals surface area contributed by atoms with Crippen molar-refractivity contribution in [2.24, 2.45) is 5.92 Å². The van der Waals surface area contributed by atoms with E-state index in [4.69, 9.17) is 5.26 Å². The molecule has 1 atom stereocenters. The van der Waals surface area contributed by atoms with Gasteiger partial charge in [0.1, 0.15) is 6.04 Å². The highest BCUT2D eigenvalue weighted by Crippen LogP contribution is 2.26. The molecule has 1 unspecified atom stereocenters. The average molecular weight is 311 g/mol. The van der Waals surface area contributed by atoms with Crippen LogP contribution < -0.4 is 4.72 Å². The Morgan fingerprint density at radius 1 is 1.33 bits per heavy atom. The fraction of sp³-hybridized carbons (Fsp3) is 0.462. The van der Waals surface area contributed by atoms with Gasteiger partial charge in [0.2, 0.25) is 10.0 Å². The molecule has 0 spiro atoms. The lowest BCUT2D eigenvalue weighted by atomic mass is 10.1. The smallest absolute Gasteiger partial charge is 0.258 e. The van der Waals surface area contributed by atoms with Crippen molar-refractivity contribution in [1.82, 2.24) is 4.72 Å². The van der Waals surface area contributed by atoms with Crippen LogP contribution >= 0.6 is 0 Å². The van der Waals surface area contributed by atoms with Crippen LogP contribution in [0.1, 0.15) is 25.0 Å². The van der Waals surface area contributed by atoms with Gasteiger partial charge in [0.05, 0.1) is 15.9 Å². The van der Waals surface area contributed by atoms with E-state index in [1.165, 1.54) is 6.07 Å². The van der Waals surface area contributed by atoms with Gasteiger partial charge >= 0.3 is 0 Å². The van der Waals surface area contributed by atoms with Crippen LogP contribution in [0.4, 0.5) is 5.69 Å². The predicted molar refractivity (Wildman–Crippen MR) is 77.1 cm³/mol. The van der Waals surface area contributed by atoms with E-state index in [9.17, 15) is 18.5 Å². The van der Waals surface area contributed by atoms with Crippen LogP contribution in [0.25, 0.3) is 0 Å². The van der Waals surface area contributed by atoms with Gasteiger partial charge in [0, 0.05) is 11.6 Å². The number of nitrogens with zero attached hydrogens (tertiary/aromatic N) is 2. The van der Waals surface area contributed by atoms with E-state index in [1.54, 1.807) is 27.7 Å². The van der Waals surface area contributed by atoms with Crippen molar-refractivity contribution in [1.29, 1.82) is 5.26 Å². The van der Waals surface area contributed by atoms with Crippen LogP contribution in [0.3, 0.4) is 0 Å². The predicted octanol–water partition coefficient (Wildman–Crippen LogP) is 2.04. The van der Waals surface area contributed by atoms with Gasteiger partial charge in [-0.25, -0.2) is 8.42 Å². The van der Waals surface area contributed by atoms with Gasteiger partial charge < -0.3 is 0 Å². The van der Waals surface area contributed by atoms with E-state index in [-0.39, 0.29) is 16.5 Å². The SMILES string of the molecule is Cc1cc(S(=O)(=O)NC(C#N)C(C)C)cc([N+](=O)[O-])c1C. The molecule has 1 aromatic rings. The summed E-state index contributed by atoms with van der Waals surface area (Å²) in [6.07, 6.45) is 0. The highest BCUT2D eigenvalue weighted by atomic mass is 32.2. The Morgan fingerprint density at radius 3 is 2.33 bits per heavy atom. The third-order valence-corrected chi connectivity index (χ3v) is 4.63. The van der Waals surface area contributed by atoms with E-state index in [0.717, 1.165) is 6.07 Å². The van der Waals surface area contributed by atoms with E-state index < -0.39 is 21.0 Å². The highest BCUT2D eigenvalue weighted by Gasteiger charge is 2.25. The van der Waals surface area contributed by atoms with Gasteiger partial charge in [-0.1, -0.05) is 13.8 Å². The number of nitrogens with one attached hydrogen (secondary N) is 1. The molecule has 8 heteroatoms. The maximum absolute atomic E-state index is 12.3. The minimum atomic E-state index is -3.99. The van der Waals surface area contributed by atoms with Crippen LogP contribution in [-0.2, 0) is 10.0 Å². The molecule has 1 aromatic carbocycles. The Balaban J connectivity index is 3.33. The Bertz CT molecular complexity index is 705. The summed E-state index contributed by atoms with van der Waals surface area (Å²) in [5, 5.41) is 19.9. The second-order valence-corrected chi connectivity index (χ2v) is 6.83. The van der Waals surface area contributed by atoms with Gasteiger partial charge in [-0.3, -0.25) is 10.1 Å². The number of aryl methyl sites for hydroxylation is 1. The summed E-state index contributed by atoms with van der Waals surface area (Å²) in [4.78, 5) is 10.1. The molecule has 7 nitrogen and oxygen atoms in total. The number of nitriles is 1. The fourth-order valence-electron chi connectivity index (χ4n) is 1.70. The maximum Gasteiger partial charge on any atom is 0.273 e. The lowest BCUT2D eigenvalue weighted by molar-refractivity contribution is -0.385. The third-order valence-electron chi connectivity index (χ3n) is 3.21. The standard InChI is InChI=1S/C13H17N3O4S/c1-8(2)12(7-14)15-21(19,20)11-5-9(3)10(4)13(6-11)16(17)18/h5-6,8,12,15H,1-4H3. The van der Waals surface area contributed by atoms with Crippen LogP contribution in [0.5, 0.6) is 0 Å². The summed E-state index contributed by atoms with van der Waals surface area (Å²) < 4.78 is 26.8. The van der Waals surface area contributed by atoms with Crippen LogP contribution in [0, 0.1) is 41.2 Å². The minimum absolute atomic E-state index is 0.210. The first-order chi connectivity index (χ1) is 9.60. The molecule has 0 amide bonds. The largest absolute Gasteiger partial charge is 0.273 e. The van der Waals surface area contributed by atoms with E-state index in [2.05, 4.69) is 4.72 Å². The molecule has 0 aromatic heterocycles. The summed E-state index contributed by atoms with van der Waals surface area (Å²) in [6, 6.07) is 3.35. The number of nitro groups is 1. The molecule has 114 valence electrons. The van der Waals surface area contributed by atoms with Crippen molar-refractivity contribution >= 4 is 15.7 Å².